The summed E-state index contributed by atoms with van der Waals surface area (Å²) < 4.78 is 41.5. The summed E-state index contributed by atoms with van der Waals surface area (Å²) in [5.41, 5.74) is -2.27. The van der Waals surface area contributed by atoms with Crippen molar-refractivity contribution in [1.29, 1.82) is 0 Å². The molecule has 3 aromatic rings. The number of rotatable bonds is 4. The van der Waals surface area contributed by atoms with Crippen molar-refractivity contribution in [2.24, 2.45) is 0 Å². The molecule has 0 bridgehead atoms. The number of carbonyl (C=O) groups excluding carboxylic acids is 1. The highest BCUT2D eigenvalue weighted by molar-refractivity contribution is 7.18. The maximum absolute atomic E-state index is 13.7. The summed E-state index contributed by atoms with van der Waals surface area (Å²) in [6.07, 6.45) is -6.30. The molecule has 0 radical (unpaired) electrons. The Morgan fingerprint density at radius 1 is 1.22 bits per heavy atom. The zero-order chi connectivity index (χ0) is 19.8. The molecule has 1 heterocycles. The van der Waals surface area contributed by atoms with Gasteiger partial charge in [0.05, 0.1) is 16.6 Å². The number of nitrogens with zero attached hydrogens (tertiary/aromatic N) is 1. The van der Waals surface area contributed by atoms with Crippen LogP contribution in [0.1, 0.15) is 17.0 Å². The molecule has 2 N–H and O–H groups in total. The number of carbonyl (C=O) groups is 1. The van der Waals surface area contributed by atoms with Crippen LogP contribution in [0.15, 0.2) is 42.5 Å². The lowest BCUT2D eigenvalue weighted by Gasteiger charge is -2.28. The van der Waals surface area contributed by atoms with Gasteiger partial charge in [-0.1, -0.05) is 29.8 Å². The van der Waals surface area contributed by atoms with Crippen LogP contribution < -0.4 is 5.32 Å². The van der Waals surface area contributed by atoms with Gasteiger partial charge in [0.25, 0.3) is 0 Å². The predicted molar refractivity (Wildman–Crippen MR) is 99.0 cm³/mol. The van der Waals surface area contributed by atoms with Gasteiger partial charge in [-0.2, -0.15) is 13.2 Å². The molecule has 142 valence electrons. The van der Waals surface area contributed by atoms with E-state index in [0.717, 1.165) is 0 Å². The number of benzene rings is 2. The molecule has 1 atom stereocenters. The zero-order valence-corrected chi connectivity index (χ0v) is 15.5. The fraction of sp³-hybridized carbons (Fsp3) is 0.222. The van der Waals surface area contributed by atoms with E-state index in [1.54, 1.807) is 43.3 Å². The van der Waals surface area contributed by atoms with E-state index in [-0.39, 0.29) is 5.69 Å². The Labute approximate surface area is 161 Å². The van der Waals surface area contributed by atoms with Crippen LogP contribution in [0, 0.1) is 6.92 Å². The second-order valence-corrected chi connectivity index (χ2v) is 7.42. The summed E-state index contributed by atoms with van der Waals surface area (Å²) in [7, 11) is 0. The highest BCUT2D eigenvalue weighted by Gasteiger charge is 2.58. The number of hydrogen-bond acceptors (Lipinski definition) is 4. The van der Waals surface area contributed by atoms with Gasteiger partial charge < -0.3 is 10.4 Å². The lowest BCUT2D eigenvalue weighted by molar-refractivity contribution is -0.266. The Morgan fingerprint density at radius 2 is 1.93 bits per heavy atom. The molecule has 0 saturated carbocycles. The molecule has 0 aliphatic rings. The van der Waals surface area contributed by atoms with Gasteiger partial charge in [0.15, 0.2) is 0 Å². The maximum Gasteiger partial charge on any atom is 0.424 e. The van der Waals surface area contributed by atoms with Crippen molar-refractivity contribution in [2.75, 3.05) is 5.32 Å². The second kappa shape index (κ2) is 7.10. The molecule has 3 rings (SSSR count). The minimum atomic E-state index is -5.08. The number of fused-ring (bicyclic) bond motifs is 1. The SMILES string of the molecule is Cc1c(Cl)cccc1NC(=O)CC(O)(c1nc2ccccc2s1)C(F)(F)F. The number of alkyl halides is 3. The molecular formula is C18H14ClF3N2O2S. The Hall–Kier alpha value is -2.16. The Kier molecular flexibility index (Phi) is 5.16. The molecule has 0 aliphatic carbocycles. The first-order chi connectivity index (χ1) is 12.6. The van der Waals surface area contributed by atoms with Crippen LogP contribution in [0.5, 0.6) is 0 Å². The number of anilines is 1. The van der Waals surface area contributed by atoms with Crippen LogP contribution >= 0.6 is 22.9 Å². The molecule has 0 spiro atoms. The summed E-state index contributed by atoms with van der Waals surface area (Å²) in [5.74, 6) is -1.00. The van der Waals surface area contributed by atoms with E-state index in [1.165, 1.54) is 6.07 Å². The van der Waals surface area contributed by atoms with E-state index in [1.807, 2.05) is 0 Å². The topological polar surface area (TPSA) is 62.2 Å². The van der Waals surface area contributed by atoms with Crippen LogP contribution in [0.3, 0.4) is 0 Å². The molecule has 0 saturated heterocycles. The molecule has 27 heavy (non-hydrogen) atoms. The van der Waals surface area contributed by atoms with Crippen molar-refractivity contribution in [3.05, 3.63) is 58.1 Å². The molecule has 1 aromatic heterocycles. The van der Waals surface area contributed by atoms with E-state index in [0.29, 0.717) is 32.1 Å². The number of nitrogens with one attached hydrogen (secondary N) is 1. The van der Waals surface area contributed by atoms with E-state index in [4.69, 9.17) is 11.6 Å². The van der Waals surface area contributed by atoms with Crippen LogP contribution in [0.2, 0.25) is 5.02 Å². The first-order valence-electron chi connectivity index (χ1n) is 7.82. The normalized spacial score (nSPS) is 14.1. The van der Waals surface area contributed by atoms with E-state index in [2.05, 4.69) is 10.3 Å². The fourth-order valence-electron chi connectivity index (χ4n) is 2.52. The summed E-state index contributed by atoms with van der Waals surface area (Å²) in [6.45, 7) is 1.63. The number of aromatic nitrogens is 1. The molecule has 1 unspecified atom stereocenters. The highest BCUT2D eigenvalue weighted by Crippen LogP contribution is 2.44. The first-order valence-corrected chi connectivity index (χ1v) is 9.01. The van der Waals surface area contributed by atoms with Crippen molar-refractivity contribution in [3.63, 3.8) is 0 Å². The molecule has 2 aromatic carbocycles. The van der Waals surface area contributed by atoms with Gasteiger partial charge in [0.1, 0.15) is 5.01 Å². The fourth-order valence-corrected chi connectivity index (χ4v) is 3.76. The van der Waals surface area contributed by atoms with Gasteiger partial charge in [-0.05, 0) is 36.8 Å². The van der Waals surface area contributed by atoms with Gasteiger partial charge >= 0.3 is 6.18 Å². The lowest BCUT2D eigenvalue weighted by Crippen LogP contribution is -2.45. The first kappa shape index (κ1) is 19.6. The third-order valence-corrected chi connectivity index (χ3v) is 5.67. The van der Waals surface area contributed by atoms with Crippen LogP contribution in [0.4, 0.5) is 18.9 Å². The third-order valence-electron chi connectivity index (χ3n) is 4.07. The minimum Gasteiger partial charge on any atom is -0.374 e. The van der Waals surface area contributed by atoms with Gasteiger partial charge in [-0.15, -0.1) is 11.3 Å². The Balaban J connectivity index is 1.93. The number of para-hydroxylation sites is 1. The molecule has 1 amide bonds. The van der Waals surface area contributed by atoms with Crippen molar-refractivity contribution in [2.45, 2.75) is 25.1 Å². The highest BCUT2D eigenvalue weighted by atomic mass is 35.5. The number of aliphatic hydroxyl groups is 1. The lowest BCUT2D eigenvalue weighted by atomic mass is 9.99. The average Bonchev–Trinajstić information content (AvgIpc) is 3.02. The number of thiazole rings is 1. The second-order valence-electron chi connectivity index (χ2n) is 5.98. The summed E-state index contributed by atoms with van der Waals surface area (Å²) in [5, 5.41) is 12.6. The summed E-state index contributed by atoms with van der Waals surface area (Å²) in [6, 6.07) is 11.1. The summed E-state index contributed by atoms with van der Waals surface area (Å²) >= 11 is 6.66. The van der Waals surface area contributed by atoms with Crippen LogP contribution in [-0.4, -0.2) is 22.2 Å². The number of amides is 1. The van der Waals surface area contributed by atoms with Crippen LogP contribution in [0.25, 0.3) is 10.2 Å². The van der Waals surface area contributed by atoms with Crippen LogP contribution in [-0.2, 0) is 10.4 Å². The van der Waals surface area contributed by atoms with Gasteiger partial charge in [0, 0.05) is 10.7 Å². The minimum absolute atomic E-state index is 0.279. The molecule has 9 heteroatoms. The van der Waals surface area contributed by atoms with Crippen molar-refractivity contribution >= 4 is 44.7 Å². The van der Waals surface area contributed by atoms with E-state index in [9.17, 15) is 23.1 Å². The predicted octanol–water partition coefficient (Wildman–Crippen LogP) is 5.04. The monoisotopic (exact) mass is 414 g/mol. The quantitative estimate of drug-likeness (QED) is 0.629. The van der Waals surface area contributed by atoms with Crippen molar-refractivity contribution in [1.82, 2.24) is 4.98 Å². The average molecular weight is 415 g/mol. The summed E-state index contributed by atoms with van der Waals surface area (Å²) in [4.78, 5) is 16.2. The molecule has 4 nitrogen and oxygen atoms in total. The molecule has 0 fully saturated rings. The Morgan fingerprint density at radius 3 is 2.59 bits per heavy atom. The van der Waals surface area contributed by atoms with Gasteiger partial charge in [0.2, 0.25) is 11.5 Å². The van der Waals surface area contributed by atoms with Crippen molar-refractivity contribution < 1.29 is 23.1 Å². The van der Waals surface area contributed by atoms with Crippen molar-refractivity contribution in [3.8, 4) is 0 Å². The van der Waals surface area contributed by atoms with E-state index >= 15 is 0 Å². The Bertz CT molecular complexity index is 973. The number of halogens is 4. The zero-order valence-electron chi connectivity index (χ0n) is 14.0. The maximum atomic E-state index is 13.7. The smallest absolute Gasteiger partial charge is 0.374 e. The molecule has 0 aliphatic heterocycles. The van der Waals surface area contributed by atoms with Gasteiger partial charge in [-0.25, -0.2) is 4.98 Å². The molecular weight excluding hydrogens is 401 g/mol. The number of hydrogen-bond donors (Lipinski definition) is 2. The van der Waals surface area contributed by atoms with Gasteiger partial charge in [-0.3, -0.25) is 4.79 Å². The standard InChI is InChI=1S/C18H14ClF3N2O2S/c1-10-11(19)5-4-7-12(10)23-15(25)9-17(26,18(20,21)22)16-24-13-6-2-3-8-14(13)27-16/h2-8,26H,9H2,1H3,(H,23,25). The third kappa shape index (κ3) is 3.78. The van der Waals surface area contributed by atoms with E-state index < -0.39 is 29.1 Å². The largest absolute Gasteiger partial charge is 0.424 e.